The Kier molecular flexibility index (Phi) is 14.6. The van der Waals surface area contributed by atoms with Crippen LogP contribution in [0.5, 0.6) is 0 Å². The van der Waals surface area contributed by atoms with Gasteiger partial charge in [0.05, 0.1) is 0 Å². The van der Waals surface area contributed by atoms with Crippen molar-refractivity contribution in [3.05, 3.63) is 240 Å². The fourth-order valence-corrected chi connectivity index (χ4v) is 13.2. The van der Waals surface area contributed by atoms with E-state index in [0.717, 1.165) is 103 Å². The first-order valence-corrected chi connectivity index (χ1v) is 26.7. The summed E-state index contributed by atoms with van der Waals surface area (Å²) in [4.78, 5) is 0. The maximum Gasteiger partial charge on any atom is 0.488 e. The first-order valence-electron chi connectivity index (χ1n) is 23.6. The van der Waals surface area contributed by atoms with E-state index in [-0.39, 0.29) is 27.7 Å². The summed E-state index contributed by atoms with van der Waals surface area (Å²) >= 11 is 14.7. The molecule has 0 aliphatic rings. The molecule has 13 aromatic carbocycles. The van der Waals surface area contributed by atoms with Gasteiger partial charge in [0.2, 0.25) is 0 Å². The summed E-state index contributed by atoms with van der Waals surface area (Å²) in [6, 6.07) is 37.2. The molecule has 13 aromatic rings. The van der Waals surface area contributed by atoms with Crippen LogP contribution in [0.2, 0.25) is 0 Å². The molecule has 0 fully saturated rings. The lowest BCUT2D eigenvalue weighted by Gasteiger charge is -2.21. The highest BCUT2D eigenvalue weighted by Crippen LogP contribution is 2.50. The third-order valence-corrected chi connectivity index (χ3v) is 16.1. The van der Waals surface area contributed by atoms with Gasteiger partial charge in [-0.1, -0.05) is 112 Å². The standard InChI is InChI=1S/C40H18F8.C16H6Br4.C6H5BF2O2/c41-23-5-19(6-24(42)13-23)35-17-37(21-9-27(45)15-28(46)10-21)33-3-4-34-38(22-11-29(47)16-30(48)12-22)18-36(20-7-25(43)14-26(44)8-20)32-2-1-31(35)39(33)40(32)34;17-11-5-13(19)9-3-4-10-14(20)6-12(18)8-2-1-7(11)15(9)16(8)10;8-5-1-4(7(10)11)2-6(9)3-5/h1-18H;1-6H;1-3,10-11H. The van der Waals surface area contributed by atoms with Gasteiger partial charge in [-0.3, -0.25) is 0 Å². The second-order valence-electron chi connectivity index (χ2n) is 18.5. The van der Waals surface area contributed by atoms with Crippen LogP contribution in [0, 0.1) is 58.2 Å². The molecule has 2 nitrogen and oxygen atoms in total. The van der Waals surface area contributed by atoms with Gasteiger partial charge < -0.3 is 10.0 Å². The molecule has 0 heterocycles. The smallest absolute Gasteiger partial charge is 0.423 e. The van der Waals surface area contributed by atoms with Gasteiger partial charge in [0.15, 0.2) is 0 Å². The van der Waals surface area contributed by atoms with Crippen molar-refractivity contribution < 1.29 is 54.0 Å². The van der Waals surface area contributed by atoms with E-state index in [1.54, 1.807) is 36.4 Å². The van der Waals surface area contributed by atoms with Crippen molar-refractivity contribution >= 4 is 141 Å². The van der Waals surface area contributed by atoms with Crippen molar-refractivity contribution in [2.24, 2.45) is 0 Å². The SMILES string of the molecule is Brc1cc(Br)c2ccc3c(Br)cc(Br)c4ccc1c2c43.Fc1cc(F)cc(-c2cc(-c3cc(F)cc(F)c3)c3ccc4c(-c5cc(F)cc(F)c5)cc(-c5cc(F)cc(F)c5)c5ccc2c3c54)c1.OB(O)c1cc(F)cc(F)c1. The summed E-state index contributed by atoms with van der Waals surface area (Å²) in [5, 5.41) is 27.5. The molecule has 13 rings (SSSR count). The third-order valence-electron chi connectivity index (χ3n) is 13.5. The van der Waals surface area contributed by atoms with E-state index < -0.39 is 65.3 Å². The van der Waals surface area contributed by atoms with Gasteiger partial charge in [0, 0.05) is 48.2 Å². The van der Waals surface area contributed by atoms with Crippen LogP contribution in [0.1, 0.15) is 0 Å². The van der Waals surface area contributed by atoms with Crippen LogP contribution >= 0.6 is 63.7 Å². The van der Waals surface area contributed by atoms with Crippen LogP contribution in [0.25, 0.3) is 109 Å². The number of benzene rings is 13. The Balaban J connectivity index is 0.000000172. The largest absolute Gasteiger partial charge is 0.488 e. The van der Waals surface area contributed by atoms with Gasteiger partial charge in [0.25, 0.3) is 0 Å². The van der Waals surface area contributed by atoms with Gasteiger partial charge in [-0.25, -0.2) is 43.9 Å². The van der Waals surface area contributed by atoms with Gasteiger partial charge in [0.1, 0.15) is 58.2 Å². The molecule has 0 aromatic heterocycles. The maximum absolute atomic E-state index is 14.6. The second kappa shape index (κ2) is 21.3. The van der Waals surface area contributed by atoms with E-state index in [0.29, 0.717) is 60.6 Å². The van der Waals surface area contributed by atoms with Crippen molar-refractivity contribution in [3.8, 4) is 44.5 Å². The lowest BCUT2D eigenvalue weighted by atomic mass is 9.80. The van der Waals surface area contributed by atoms with Crippen molar-refractivity contribution in [1.82, 2.24) is 0 Å². The molecule has 79 heavy (non-hydrogen) atoms. The second-order valence-corrected chi connectivity index (χ2v) is 21.9. The molecule has 0 aliphatic carbocycles. The molecule has 0 radical (unpaired) electrons. The third kappa shape index (κ3) is 10.4. The summed E-state index contributed by atoms with van der Waals surface area (Å²) in [6.45, 7) is 0. The fourth-order valence-electron chi connectivity index (χ4n) is 10.3. The average molecular weight is 1330 g/mol. The van der Waals surface area contributed by atoms with Crippen molar-refractivity contribution in [2.75, 3.05) is 0 Å². The van der Waals surface area contributed by atoms with Crippen LogP contribution in [0.15, 0.2) is 182 Å². The molecule has 0 amide bonds. The minimum atomic E-state index is -1.83. The number of hydrogen-bond donors (Lipinski definition) is 2. The number of hydrogen-bond acceptors (Lipinski definition) is 2. The van der Waals surface area contributed by atoms with E-state index in [2.05, 4.69) is 100 Å². The Labute approximate surface area is 475 Å². The van der Waals surface area contributed by atoms with E-state index in [9.17, 15) is 43.9 Å². The van der Waals surface area contributed by atoms with E-state index in [1.165, 1.54) is 32.3 Å². The lowest BCUT2D eigenvalue weighted by molar-refractivity contribution is 0.425. The predicted octanol–water partition coefficient (Wildman–Crippen LogP) is 19.6. The van der Waals surface area contributed by atoms with Gasteiger partial charge in [-0.2, -0.15) is 0 Å². The highest BCUT2D eigenvalue weighted by atomic mass is 79.9. The average Bonchev–Trinajstić information content (AvgIpc) is 3.58. The highest BCUT2D eigenvalue weighted by molar-refractivity contribution is 9.11. The Hall–Kier alpha value is -6.86. The molecule has 0 atom stereocenters. The summed E-state index contributed by atoms with van der Waals surface area (Å²) in [5.74, 6) is -8.43. The molecule has 0 spiro atoms. The number of rotatable bonds is 5. The Bertz CT molecular complexity index is 4010. The van der Waals surface area contributed by atoms with Gasteiger partial charge in [-0.15, -0.1) is 0 Å². The zero-order valence-corrected chi connectivity index (χ0v) is 46.2. The highest BCUT2D eigenvalue weighted by Gasteiger charge is 2.24. The normalized spacial score (nSPS) is 11.5. The van der Waals surface area contributed by atoms with Crippen molar-refractivity contribution in [1.29, 1.82) is 0 Å². The molecule has 0 saturated heterocycles. The van der Waals surface area contributed by atoms with Crippen LogP contribution in [-0.4, -0.2) is 17.2 Å². The fraction of sp³-hybridized carbons (Fsp3) is 0. The molecule has 0 unspecified atom stereocenters. The predicted molar refractivity (Wildman–Crippen MR) is 309 cm³/mol. The van der Waals surface area contributed by atoms with Crippen LogP contribution in [0.3, 0.4) is 0 Å². The maximum atomic E-state index is 14.6. The summed E-state index contributed by atoms with van der Waals surface area (Å²) < 4.78 is 146. The number of halogens is 14. The molecular weight excluding hydrogens is 1300 g/mol. The minimum Gasteiger partial charge on any atom is -0.423 e. The van der Waals surface area contributed by atoms with Gasteiger partial charge >= 0.3 is 7.12 Å². The van der Waals surface area contributed by atoms with Gasteiger partial charge in [-0.05, 0) is 200 Å². The van der Waals surface area contributed by atoms with Crippen molar-refractivity contribution in [3.63, 3.8) is 0 Å². The van der Waals surface area contributed by atoms with Crippen LogP contribution in [-0.2, 0) is 0 Å². The summed E-state index contributed by atoms with van der Waals surface area (Å²) in [7, 11) is -1.83. The van der Waals surface area contributed by atoms with E-state index in [4.69, 9.17) is 10.0 Å². The van der Waals surface area contributed by atoms with Crippen LogP contribution < -0.4 is 5.46 Å². The molecule has 390 valence electrons. The first-order chi connectivity index (χ1) is 37.7. The Morgan fingerprint density at radius 2 is 0.430 bits per heavy atom. The zero-order chi connectivity index (χ0) is 55.9. The lowest BCUT2D eigenvalue weighted by Crippen LogP contribution is -2.30. The topological polar surface area (TPSA) is 40.5 Å². The van der Waals surface area contributed by atoms with Crippen LogP contribution in [0.4, 0.5) is 43.9 Å². The quantitative estimate of drug-likeness (QED) is 0.102. The molecule has 0 aliphatic heterocycles. The van der Waals surface area contributed by atoms with Crippen molar-refractivity contribution in [2.45, 2.75) is 0 Å². The summed E-state index contributed by atoms with van der Waals surface area (Å²) in [6.07, 6.45) is 0. The Morgan fingerprint density at radius 3 is 0.646 bits per heavy atom. The molecular formula is C62H29BBr4F10O2. The molecule has 0 bridgehead atoms. The Morgan fingerprint density at radius 1 is 0.241 bits per heavy atom. The first kappa shape index (κ1) is 54.1. The monoisotopic (exact) mass is 1320 g/mol. The van der Waals surface area contributed by atoms with E-state index >= 15 is 0 Å². The molecule has 2 N–H and O–H groups in total. The van der Waals surface area contributed by atoms with E-state index in [1.807, 2.05) is 0 Å². The summed E-state index contributed by atoms with van der Waals surface area (Å²) in [5.41, 5.74) is 1.69. The molecule has 17 heteroatoms. The molecule has 0 saturated carbocycles. The minimum absolute atomic E-state index is 0.142. The zero-order valence-electron chi connectivity index (χ0n) is 39.9.